The van der Waals surface area contributed by atoms with Crippen molar-refractivity contribution in [2.45, 2.75) is 6.92 Å². The molecule has 0 spiro atoms. The van der Waals surface area contributed by atoms with Gasteiger partial charge < -0.3 is 0 Å². The molecule has 0 radical (unpaired) electrons. The van der Waals surface area contributed by atoms with Crippen LogP contribution in [0.3, 0.4) is 0 Å². The van der Waals surface area contributed by atoms with Gasteiger partial charge in [-0.05, 0) is 0 Å². The van der Waals surface area contributed by atoms with Crippen molar-refractivity contribution < 1.29 is 0 Å². The number of hydrogen-bond donors (Lipinski definition) is 3. The van der Waals surface area contributed by atoms with E-state index in [1.807, 2.05) is 5.01 Å². The van der Waals surface area contributed by atoms with Crippen LogP contribution in [0.1, 0.15) is 6.92 Å². The zero-order valence-corrected chi connectivity index (χ0v) is 4.36. The number of rotatable bonds is 1. The second kappa shape index (κ2) is 2.23. The molecule has 0 aliphatic carbocycles. The summed E-state index contributed by atoms with van der Waals surface area (Å²) in [5.74, 6) is 0. The van der Waals surface area contributed by atoms with Crippen molar-refractivity contribution in [3.05, 3.63) is 0 Å². The monoisotopic (exact) mass is 102 g/mol. The molecule has 0 aromatic heterocycles. The fraction of sp³-hybridized carbons (Fsp3) is 1.00. The fourth-order valence-corrected chi connectivity index (χ4v) is 0.484. The Morgan fingerprint density at radius 1 is 1.71 bits per heavy atom. The molecule has 0 bridgehead atoms. The minimum absolute atomic E-state index is 0.872. The van der Waals surface area contributed by atoms with Crippen LogP contribution in [-0.4, -0.2) is 18.2 Å². The predicted molar refractivity (Wildman–Crippen MR) is 26.7 cm³/mol. The lowest BCUT2D eigenvalue weighted by Gasteiger charge is -2.06. The molecule has 0 aromatic carbocycles. The van der Waals surface area contributed by atoms with E-state index in [4.69, 9.17) is 0 Å². The van der Waals surface area contributed by atoms with Crippen molar-refractivity contribution in [2.24, 2.45) is 0 Å². The average Bonchev–Trinajstić information content (AvgIpc) is 2.14. The van der Waals surface area contributed by atoms with E-state index in [9.17, 15) is 0 Å². The van der Waals surface area contributed by atoms with Crippen molar-refractivity contribution in [3.8, 4) is 0 Å². The first kappa shape index (κ1) is 4.99. The maximum atomic E-state index is 2.89. The van der Waals surface area contributed by atoms with Gasteiger partial charge >= 0.3 is 0 Å². The Hall–Kier alpha value is -0.160. The highest BCUT2D eigenvalue weighted by molar-refractivity contribution is 4.45. The largest absolute Gasteiger partial charge is 0.227 e. The van der Waals surface area contributed by atoms with Crippen molar-refractivity contribution in [1.82, 2.24) is 21.5 Å². The molecule has 1 aliphatic rings. The highest BCUT2D eigenvalue weighted by atomic mass is 15.9. The van der Waals surface area contributed by atoms with E-state index in [0.717, 1.165) is 13.2 Å². The molecule has 42 valence electrons. The highest BCUT2D eigenvalue weighted by Gasteiger charge is 2.03. The van der Waals surface area contributed by atoms with Crippen LogP contribution < -0.4 is 16.5 Å². The summed E-state index contributed by atoms with van der Waals surface area (Å²) in [6.07, 6.45) is 0. The van der Waals surface area contributed by atoms with Crippen LogP contribution in [-0.2, 0) is 0 Å². The molecule has 1 aliphatic heterocycles. The van der Waals surface area contributed by atoms with Crippen LogP contribution in [0.4, 0.5) is 0 Å². The lowest BCUT2D eigenvalue weighted by Crippen LogP contribution is -2.36. The second-order valence-corrected chi connectivity index (χ2v) is 1.43. The summed E-state index contributed by atoms with van der Waals surface area (Å²) < 4.78 is 0. The van der Waals surface area contributed by atoms with E-state index in [0.29, 0.717) is 0 Å². The van der Waals surface area contributed by atoms with Gasteiger partial charge in [-0.1, -0.05) is 6.92 Å². The van der Waals surface area contributed by atoms with Crippen LogP contribution in [0.2, 0.25) is 0 Å². The maximum absolute atomic E-state index is 2.89. The molecule has 0 atom stereocenters. The van der Waals surface area contributed by atoms with Crippen molar-refractivity contribution >= 4 is 0 Å². The fourth-order valence-electron chi connectivity index (χ4n) is 0.484. The summed E-state index contributed by atoms with van der Waals surface area (Å²) in [7, 11) is 0. The zero-order valence-electron chi connectivity index (χ0n) is 4.36. The topological polar surface area (TPSA) is 39.3 Å². The third-order valence-electron chi connectivity index (χ3n) is 0.954. The summed E-state index contributed by atoms with van der Waals surface area (Å²) in [6, 6.07) is 0. The van der Waals surface area contributed by atoms with Crippen LogP contribution in [0, 0.1) is 0 Å². The minimum Gasteiger partial charge on any atom is -0.227 e. The molecule has 4 nitrogen and oxygen atoms in total. The number of nitrogens with zero attached hydrogens (tertiary/aromatic N) is 1. The molecule has 1 rings (SSSR count). The predicted octanol–water partition coefficient (Wildman–Crippen LogP) is -1.21. The minimum atomic E-state index is 0.872. The van der Waals surface area contributed by atoms with Crippen LogP contribution in [0.25, 0.3) is 0 Å². The van der Waals surface area contributed by atoms with E-state index in [2.05, 4.69) is 23.4 Å². The summed E-state index contributed by atoms with van der Waals surface area (Å²) in [6.45, 7) is 3.97. The lowest BCUT2D eigenvalue weighted by molar-refractivity contribution is 0.246. The molecule has 1 saturated heterocycles. The molecule has 0 amide bonds. The first-order chi connectivity index (χ1) is 3.43. The number of hydrazine groups is 3. The van der Waals surface area contributed by atoms with E-state index < -0.39 is 0 Å². The van der Waals surface area contributed by atoms with Gasteiger partial charge in [-0.2, -0.15) is 11.1 Å². The molecular weight excluding hydrogens is 92.1 g/mol. The van der Waals surface area contributed by atoms with Gasteiger partial charge in [0.15, 0.2) is 0 Å². The smallest absolute Gasteiger partial charge is 0.0778 e. The molecule has 7 heavy (non-hydrogen) atoms. The summed E-state index contributed by atoms with van der Waals surface area (Å²) in [5.41, 5.74) is 8.52. The maximum Gasteiger partial charge on any atom is 0.0778 e. The highest BCUT2D eigenvalue weighted by Crippen LogP contribution is 1.76. The Morgan fingerprint density at radius 2 is 2.57 bits per heavy atom. The third-order valence-corrected chi connectivity index (χ3v) is 0.954. The van der Waals surface area contributed by atoms with Crippen LogP contribution in [0.15, 0.2) is 0 Å². The van der Waals surface area contributed by atoms with Gasteiger partial charge in [0, 0.05) is 6.54 Å². The molecule has 0 aromatic rings. The molecule has 1 heterocycles. The Balaban J connectivity index is 2.14. The normalized spacial score (nSPS) is 23.6. The number of nitrogens with one attached hydrogen (secondary N) is 3. The van der Waals surface area contributed by atoms with Crippen molar-refractivity contribution in [3.63, 3.8) is 0 Å². The molecule has 0 unspecified atom stereocenters. The van der Waals surface area contributed by atoms with E-state index in [-0.39, 0.29) is 0 Å². The molecule has 3 N–H and O–H groups in total. The van der Waals surface area contributed by atoms with Gasteiger partial charge in [-0.15, -0.1) is 0 Å². The van der Waals surface area contributed by atoms with Gasteiger partial charge in [0.25, 0.3) is 0 Å². The average molecular weight is 102 g/mol. The standard InChI is InChI=1S/C3H10N4/c1-2-7-3-4-5-6-7/h4-6H,2-3H2,1H3. The van der Waals surface area contributed by atoms with E-state index in [1.54, 1.807) is 0 Å². The van der Waals surface area contributed by atoms with Gasteiger partial charge in [0.2, 0.25) is 0 Å². The lowest BCUT2D eigenvalue weighted by atomic mass is 10.7. The van der Waals surface area contributed by atoms with Crippen LogP contribution >= 0.6 is 0 Å². The van der Waals surface area contributed by atoms with Gasteiger partial charge in [0.05, 0.1) is 6.67 Å². The zero-order chi connectivity index (χ0) is 5.11. The summed E-state index contributed by atoms with van der Waals surface area (Å²) >= 11 is 0. The number of hydrogen-bond acceptors (Lipinski definition) is 4. The molecule has 4 heteroatoms. The molecule has 0 saturated carbocycles. The van der Waals surface area contributed by atoms with Gasteiger partial charge in [-0.25, -0.2) is 10.4 Å². The van der Waals surface area contributed by atoms with Crippen molar-refractivity contribution in [1.29, 1.82) is 0 Å². The van der Waals surface area contributed by atoms with Crippen molar-refractivity contribution in [2.75, 3.05) is 13.2 Å². The molecule has 1 fully saturated rings. The van der Waals surface area contributed by atoms with Crippen LogP contribution in [0.5, 0.6) is 0 Å². The second-order valence-electron chi connectivity index (χ2n) is 1.43. The first-order valence-corrected chi connectivity index (χ1v) is 2.42. The Morgan fingerprint density at radius 3 is 2.86 bits per heavy atom. The Kier molecular flexibility index (Phi) is 1.59. The van der Waals surface area contributed by atoms with Gasteiger partial charge in [0.1, 0.15) is 0 Å². The Labute approximate surface area is 42.8 Å². The quantitative estimate of drug-likeness (QED) is 0.388. The summed E-state index contributed by atoms with van der Waals surface area (Å²) in [5, 5.41) is 2.01. The van der Waals surface area contributed by atoms with E-state index in [1.165, 1.54) is 0 Å². The summed E-state index contributed by atoms with van der Waals surface area (Å²) in [4.78, 5) is 0. The van der Waals surface area contributed by atoms with Gasteiger partial charge in [-0.3, -0.25) is 0 Å². The first-order valence-electron chi connectivity index (χ1n) is 2.42. The van der Waals surface area contributed by atoms with E-state index >= 15 is 0 Å². The third kappa shape index (κ3) is 1.10. The Bertz CT molecular complexity index is 48.9. The SMILES string of the molecule is CCN1CNNN1. The molecular formula is C3H10N4.